The van der Waals surface area contributed by atoms with E-state index in [1.165, 1.54) is 32.9 Å². The molecule has 0 bridgehead atoms. The molecule has 0 aliphatic carbocycles. The number of benzene rings is 7. The first-order valence-electron chi connectivity index (χ1n) is 15.7. The highest BCUT2D eigenvalue weighted by molar-refractivity contribution is 6.84. The topological polar surface area (TPSA) is 23.4 Å². The van der Waals surface area contributed by atoms with E-state index in [0.29, 0.717) is 0 Å². The van der Waals surface area contributed by atoms with E-state index in [9.17, 15) is 0 Å². The largest absolute Gasteiger partial charge is 0.551 e. The maximum Gasteiger partial charge on any atom is 0.434 e. The van der Waals surface area contributed by atoms with E-state index in [-0.39, 0.29) is 6.92 Å². The van der Waals surface area contributed by atoms with Gasteiger partial charge in [-0.25, -0.2) is 0 Å². The maximum absolute atomic E-state index is 6.83. The van der Waals surface area contributed by atoms with E-state index in [1.54, 1.807) is 0 Å². The van der Waals surface area contributed by atoms with Gasteiger partial charge >= 0.3 is 6.92 Å². The minimum absolute atomic E-state index is 0.284. The van der Waals surface area contributed by atoms with Gasteiger partial charge in [0.2, 0.25) is 0 Å². The van der Waals surface area contributed by atoms with Crippen molar-refractivity contribution in [3.8, 4) is 56.3 Å². The summed E-state index contributed by atoms with van der Waals surface area (Å²) in [6.45, 7) is -0.284. The summed E-state index contributed by atoms with van der Waals surface area (Å²) in [5.41, 5.74) is 12.4. The number of nitrogens with zero attached hydrogens (tertiary/aromatic N) is 1. The van der Waals surface area contributed by atoms with Gasteiger partial charge in [0.15, 0.2) is 0 Å². The molecule has 0 unspecified atom stereocenters. The fourth-order valence-electron chi connectivity index (χ4n) is 7.37. The van der Waals surface area contributed by atoms with Gasteiger partial charge in [-0.2, -0.15) is 0 Å². The van der Waals surface area contributed by atoms with Crippen LogP contribution in [0.4, 0.5) is 0 Å². The highest BCUT2D eigenvalue weighted by Gasteiger charge is 2.41. The first-order valence-corrected chi connectivity index (χ1v) is 15.7. The fourth-order valence-corrected chi connectivity index (χ4v) is 7.37. The van der Waals surface area contributed by atoms with Gasteiger partial charge in [-0.3, -0.25) is 0 Å². The molecule has 0 fully saturated rings. The van der Waals surface area contributed by atoms with Gasteiger partial charge in [0.05, 0.1) is 16.7 Å². The highest BCUT2D eigenvalue weighted by Crippen LogP contribution is 2.42. The van der Waals surface area contributed by atoms with Crippen LogP contribution in [-0.4, -0.2) is 11.5 Å². The van der Waals surface area contributed by atoms with Crippen LogP contribution in [0.2, 0.25) is 0 Å². The Hall–Kier alpha value is -6.00. The summed E-state index contributed by atoms with van der Waals surface area (Å²) in [6.07, 6.45) is 0. The average Bonchev–Trinajstić information content (AvgIpc) is 3.46. The van der Waals surface area contributed by atoms with Crippen LogP contribution >= 0.6 is 0 Å². The van der Waals surface area contributed by atoms with Gasteiger partial charge in [0.25, 0.3) is 0 Å². The standard InChI is InChI=1S/C42H26BNO2/c1-2-11-27(12-3-1)28-13-10-14-29(23-28)30-21-22-40-36(24-30)43-42-35(34-17-6-9-20-39(34)46-43)25-31(26-41(42)45-40)44-37-18-7-4-15-32(37)33-16-5-8-19-38(33)44/h1-26H. The van der Waals surface area contributed by atoms with Crippen LogP contribution in [0.5, 0.6) is 17.2 Å². The number of rotatable bonds is 3. The summed E-state index contributed by atoms with van der Waals surface area (Å²) >= 11 is 0. The third-order valence-corrected chi connectivity index (χ3v) is 9.46. The number of aromatic nitrogens is 1. The Morgan fingerprint density at radius 3 is 1.89 bits per heavy atom. The molecule has 3 heterocycles. The lowest BCUT2D eigenvalue weighted by atomic mass is 9.50. The summed E-state index contributed by atoms with van der Waals surface area (Å²) in [4.78, 5) is 0. The van der Waals surface area contributed by atoms with Crippen LogP contribution in [0.3, 0.4) is 0 Å². The van der Waals surface area contributed by atoms with Gasteiger partial charge in [-0.05, 0) is 64.2 Å². The number of fused-ring (bicyclic) bond motifs is 7. The van der Waals surface area contributed by atoms with Crippen LogP contribution in [0, 0.1) is 0 Å². The van der Waals surface area contributed by atoms with Gasteiger partial charge < -0.3 is 14.0 Å². The first kappa shape index (κ1) is 25.3. The van der Waals surface area contributed by atoms with Crippen molar-refractivity contribution in [3.63, 3.8) is 0 Å². The summed E-state index contributed by atoms with van der Waals surface area (Å²) in [5.74, 6) is 2.54. The Balaban J connectivity index is 1.16. The first-order chi connectivity index (χ1) is 22.8. The molecule has 0 N–H and O–H groups in total. The highest BCUT2D eigenvalue weighted by atomic mass is 16.5. The lowest BCUT2D eigenvalue weighted by Gasteiger charge is -2.33. The molecule has 2 aliphatic heterocycles. The Labute approximate surface area is 267 Å². The molecule has 214 valence electrons. The second kappa shape index (κ2) is 9.75. The molecule has 0 atom stereocenters. The van der Waals surface area contributed by atoms with E-state index >= 15 is 0 Å². The molecule has 46 heavy (non-hydrogen) atoms. The fraction of sp³-hybridized carbons (Fsp3) is 0. The second-order valence-electron chi connectivity index (χ2n) is 12.1. The minimum Gasteiger partial charge on any atom is -0.551 e. The van der Waals surface area contributed by atoms with Crippen molar-refractivity contribution in [1.82, 2.24) is 4.57 Å². The van der Waals surface area contributed by atoms with Gasteiger partial charge in [0.1, 0.15) is 17.2 Å². The van der Waals surface area contributed by atoms with Crippen LogP contribution < -0.4 is 20.3 Å². The predicted octanol–water partition coefficient (Wildman–Crippen LogP) is 9.39. The Morgan fingerprint density at radius 2 is 1.09 bits per heavy atom. The molecular formula is C42H26BNO2. The van der Waals surface area contributed by atoms with Crippen molar-refractivity contribution in [3.05, 3.63) is 158 Å². The summed E-state index contributed by atoms with van der Waals surface area (Å²) in [7, 11) is 0. The minimum atomic E-state index is -0.284. The number of hydrogen-bond donors (Lipinski definition) is 0. The third kappa shape index (κ3) is 3.74. The van der Waals surface area contributed by atoms with Crippen molar-refractivity contribution in [2.24, 2.45) is 0 Å². The van der Waals surface area contributed by atoms with Crippen molar-refractivity contribution in [1.29, 1.82) is 0 Å². The van der Waals surface area contributed by atoms with Crippen molar-refractivity contribution < 1.29 is 9.39 Å². The molecule has 3 nitrogen and oxygen atoms in total. The molecule has 1 aromatic heterocycles. The van der Waals surface area contributed by atoms with Crippen LogP contribution in [0.25, 0.3) is 60.9 Å². The normalized spacial score (nSPS) is 12.7. The summed E-state index contributed by atoms with van der Waals surface area (Å²) in [6, 6.07) is 55.8. The van der Waals surface area contributed by atoms with E-state index in [2.05, 4.69) is 156 Å². The molecule has 0 spiro atoms. The zero-order valence-electron chi connectivity index (χ0n) is 24.9. The lowest BCUT2D eigenvalue weighted by molar-refractivity contribution is 0.479. The molecule has 2 aliphatic rings. The predicted molar refractivity (Wildman–Crippen MR) is 189 cm³/mol. The van der Waals surface area contributed by atoms with Crippen molar-refractivity contribution in [2.45, 2.75) is 0 Å². The van der Waals surface area contributed by atoms with Gasteiger partial charge in [-0.1, -0.05) is 115 Å². The van der Waals surface area contributed by atoms with Crippen LogP contribution in [-0.2, 0) is 0 Å². The number of ether oxygens (including phenoxy) is 1. The summed E-state index contributed by atoms with van der Waals surface area (Å²) < 4.78 is 16.0. The van der Waals surface area contributed by atoms with Crippen LogP contribution in [0.15, 0.2) is 158 Å². The molecule has 0 saturated carbocycles. The SMILES string of the molecule is c1ccc(-c2cccc(-c3ccc4c(c3)B3Oc5ccccc5-c5cc(-n6c7ccccc7c7ccccc76)cc(c53)O4)c2)cc1. The number of para-hydroxylation sites is 3. The molecule has 4 heteroatoms. The molecule has 0 radical (unpaired) electrons. The van der Waals surface area contributed by atoms with Crippen LogP contribution in [0.1, 0.15) is 0 Å². The summed E-state index contributed by atoms with van der Waals surface area (Å²) in [5, 5.41) is 2.47. The zero-order valence-corrected chi connectivity index (χ0v) is 24.9. The molecule has 0 saturated heterocycles. The van der Waals surface area contributed by atoms with Gasteiger partial charge in [0, 0.05) is 33.3 Å². The second-order valence-corrected chi connectivity index (χ2v) is 12.1. The smallest absolute Gasteiger partial charge is 0.434 e. The Bertz CT molecular complexity index is 2440. The third-order valence-electron chi connectivity index (χ3n) is 9.46. The average molecular weight is 587 g/mol. The maximum atomic E-state index is 6.83. The Kier molecular flexibility index (Phi) is 5.37. The molecule has 0 amide bonds. The van der Waals surface area contributed by atoms with E-state index in [0.717, 1.165) is 56.1 Å². The molecule has 7 aromatic carbocycles. The Morgan fingerprint density at radius 1 is 0.435 bits per heavy atom. The van der Waals surface area contributed by atoms with Crippen molar-refractivity contribution in [2.75, 3.05) is 0 Å². The van der Waals surface area contributed by atoms with E-state index in [1.807, 2.05) is 6.07 Å². The molecular weight excluding hydrogens is 561 g/mol. The lowest BCUT2D eigenvalue weighted by Crippen LogP contribution is -2.53. The quantitative estimate of drug-likeness (QED) is 0.192. The van der Waals surface area contributed by atoms with Gasteiger partial charge in [-0.15, -0.1) is 0 Å². The zero-order chi connectivity index (χ0) is 30.2. The van der Waals surface area contributed by atoms with E-state index in [4.69, 9.17) is 9.39 Å². The number of hydrogen-bond acceptors (Lipinski definition) is 2. The molecule has 8 aromatic rings. The van der Waals surface area contributed by atoms with E-state index < -0.39 is 0 Å². The monoisotopic (exact) mass is 587 g/mol. The molecule has 10 rings (SSSR count). The van der Waals surface area contributed by atoms with Crippen molar-refractivity contribution >= 4 is 39.6 Å².